The minimum atomic E-state index is -1.01. The second kappa shape index (κ2) is 4.97. The Morgan fingerprint density at radius 3 is 2.79 bits per heavy atom. The number of carboxylic acid groups (broad SMARTS) is 1. The lowest BCUT2D eigenvalue weighted by atomic mass is 10.2. The highest BCUT2D eigenvalue weighted by molar-refractivity contribution is 9.10. The van der Waals surface area contributed by atoms with Crippen LogP contribution in [-0.2, 0) is 0 Å². The van der Waals surface area contributed by atoms with E-state index >= 15 is 0 Å². The van der Waals surface area contributed by atoms with Gasteiger partial charge < -0.3 is 14.9 Å². The standard InChI is InChI=1S/C9H9BrO4/c10-7-2-1-6(9(12)13)5-8(7)14-4-3-11/h1-2,5,11H,3-4H2,(H,12,13). The van der Waals surface area contributed by atoms with Gasteiger partial charge >= 0.3 is 5.97 Å². The predicted molar refractivity (Wildman–Crippen MR) is 53.7 cm³/mol. The summed E-state index contributed by atoms with van der Waals surface area (Å²) in [6.07, 6.45) is 0. The van der Waals surface area contributed by atoms with E-state index < -0.39 is 5.97 Å². The van der Waals surface area contributed by atoms with Crippen LogP contribution in [0.4, 0.5) is 0 Å². The Labute approximate surface area is 89.3 Å². The molecule has 0 saturated heterocycles. The van der Waals surface area contributed by atoms with Crippen molar-refractivity contribution in [3.8, 4) is 5.75 Å². The van der Waals surface area contributed by atoms with Gasteiger partial charge in [0.15, 0.2) is 0 Å². The first kappa shape index (κ1) is 11.0. The summed E-state index contributed by atoms with van der Waals surface area (Å²) in [5.41, 5.74) is 0.154. The summed E-state index contributed by atoms with van der Waals surface area (Å²) in [7, 11) is 0. The van der Waals surface area contributed by atoms with Gasteiger partial charge in [-0.1, -0.05) is 0 Å². The number of aliphatic hydroxyl groups is 1. The fourth-order valence-corrected chi connectivity index (χ4v) is 1.26. The zero-order chi connectivity index (χ0) is 10.6. The number of hydrogen-bond acceptors (Lipinski definition) is 3. The monoisotopic (exact) mass is 260 g/mol. The molecule has 4 nitrogen and oxygen atoms in total. The SMILES string of the molecule is O=C(O)c1ccc(Br)c(OCCO)c1. The summed E-state index contributed by atoms with van der Waals surface area (Å²) in [4.78, 5) is 10.6. The van der Waals surface area contributed by atoms with E-state index in [1.807, 2.05) is 0 Å². The van der Waals surface area contributed by atoms with E-state index in [1.165, 1.54) is 12.1 Å². The van der Waals surface area contributed by atoms with Crippen molar-refractivity contribution in [3.63, 3.8) is 0 Å². The van der Waals surface area contributed by atoms with Crippen molar-refractivity contribution in [2.24, 2.45) is 0 Å². The van der Waals surface area contributed by atoms with Crippen LogP contribution in [-0.4, -0.2) is 29.4 Å². The topological polar surface area (TPSA) is 66.8 Å². The van der Waals surface area contributed by atoms with Gasteiger partial charge in [0.05, 0.1) is 16.6 Å². The fourth-order valence-electron chi connectivity index (χ4n) is 0.903. The summed E-state index contributed by atoms with van der Waals surface area (Å²) >= 11 is 3.21. The molecular weight excluding hydrogens is 252 g/mol. The maximum Gasteiger partial charge on any atom is 0.335 e. The maximum atomic E-state index is 10.6. The van der Waals surface area contributed by atoms with Gasteiger partial charge in [0.1, 0.15) is 12.4 Å². The van der Waals surface area contributed by atoms with E-state index in [-0.39, 0.29) is 18.8 Å². The Morgan fingerprint density at radius 1 is 1.50 bits per heavy atom. The van der Waals surface area contributed by atoms with Gasteiger partial charge in [-0.2, -0.15) is 0 Å². The molecule has 0 radical (unpaired) electrons. The molecule has 0 fully saturated rings. The minimum absolute atomic E-state index is 0.107. The minimum Gasteiger partial charge on any atom is -0.490 e. The molecule has 0 aliphatic rings. The second-order valence-electron chi connectivity index (χ2n) is 2.52. The van der Waals surface area contributed by atoms with Crippen molar-refractivity contribution >= 4 is 21.9 Å². The third-order valence-corrected chi connectivity index (χ3v) is 2.18. The Bertz CT molecular complexity index is 338. The average molecular weight is 261 g/mol. The zero-order valence-electron chi connectivity index (χ0n) is 7.24. The molecule has 1 aromatic carbocycles. The maximum absolute atomic E-state index is 10.6. The molecule has 0 aliphatic heterocycles. The number of halogens is 1. The normalized spacial score (nSPS) is 9.86. The molecule has 1 aromatic rings. The Hall–Kier alpha value is -1.07. The van der Waals surface area contributed by atoms with Crippen LogP contribution in [0.2, 0.25) is 0 Å². The van der Waals surface area contributed by atoms with Crippen molar-refractivity contribution < 1.29 is 19.7 Å². The molecule has 5 heteroatoms. The number of rotatable bonds is 4. The molecule has 0 saturated carbocycles. The number of aromatic carboxylic acids is 1. The second-order valence-corrected chi connectivity index (χ2v) is 3.38. The van der Waals surface area contributed by atoms with E-state index in [2.05, 4.69) is 15.9 Å². The van der Waals surface area contributed by atoms with Crippen LogP contribution < -0.4 is 4.74 Å². The van der Waals surface area contributed by atoms with Crippen LogP contribution in [0.25, 0.3) is 0 Å². The number of ether oxygens (including phenoxy) is 1. The predicted octanol–water partition coefficient (Wildman–Crippen LogP) is 1.52. The molecule has 0 unspecified atom stereocenters. The van der Waals surface area contributed by atoms with Gasteiger partial charge in [-0.3, -0.25) is 0 Å². The van der Waals surface area contributed by atoms with Crippen LogP contribution in [0.15, 0.2) is 22.7 Å². The number of aliphatic hydroxyl groups excluding tert-OH is 1. The summed E-state index contributed by atoms with van der Waals surface area (Å²) in [5, 5.41) is 17.2. The summed E-state index contributed by atoms with van der Waals surface area (Å²) in [6.45, 7) is 0.0331. The van der Waals surface area contributed by atoms with Crippen molar-refractivity contribution in [1.82, 2.24) is 0 Å². The Balaban J connectivity index is 2.90. The molecule has 2 N–H and O–H groups in total. The quantitative estimate of drug-likeness (QED) is 0.862. The van der Waals surface area contributed by atoms with Gasteiger partial charge in [0.25, 0.3) is 0 Å². The van der Waals surface area contributed by atoms with Gasteiger partial charge in [-0.25, -0.2) is 4.79 Å². The summed E-state index contributed by atoms with van der Waals surface area (Å²) < 4.78 is 5.78. The number of hydrogen-bond donors (Lipinski definition) is 2. The van der Waals surface area contributed by atoms with Crippen LogP contribution in [0.3, 0.4) is 0 Å². The first-order chi connectivity index (χ1) is 6.65. The number of benzene rings is 1. The van der Waals surface area contributed by atoms with E-state index in [9.17, 15) is 4.79 Å². The van der Waals surface area contributed by atoms with Crippen LogP contribution in [0, 0.1) is 0 Å². The molecule has 0 amide bonds. The van der Waals surface area contributed by atoms with E-state index in [0.29, 0.717) is 10.2 Å². The van der Waals surface area contributed by atoms with Crippen molar-refractivity contribution in [2.45, 2.75) is 0 Å². The highest BCUT2D eigenvalue weighted by Crippen LogP contribution is 2.25. The lowest BCUT2D eigenvalue weighted by Crippen LogP contribution is -2.03. The molecular formula is C9H9BrO4. The molecule has 0 spiro atoms. The van der Waals surface area contributed by atoms with E-state index in [0.717, 1.165) is 0 Å². The molecule has 76 valence electrons. The number of carboxylic acids is 1. The van der Waals surface area contributed by atoms with Crippen LogP contribution in [0.5, 0.6) is 5.75 Å². The van der Waals surface area contributed by atoms with E-state index in [1.54, 1.807) is 6.07 Å². The third-order valence-electron chi connectivity index (χ3n) is 1.53. The molecule has 0 aromatic heterocycles. The lowest BCUT2D eigenvalue weighted by Gasteiger charge is -2.06. The molecule has 14 heavy (non-hydrogen) atoms. The molecule has 0 bridgehead atoms. The van der Waals surface area contributed by atoms with Crippen molar-refractivity contribution in [2.75, 3.05) is 13.2 Å². The number of carbonyl (C=O) groups is 1. The molecule has 0 aliphatic carbocycles. The first-order valence-electron chi connectivity index (χ1n) is 3.91. The largest absolute Gasteiger partial charge is 0.490 e. The Morgan fingerprint density at radius 2 is 2.21 bits per heavy atom. The summed E-state index contributed by atoms with van der Waals surface area (Å²) in [6, 6.07) is 4.47. The first-order valence-corrected chi connectivity index (χ1v) is 4.71. The highest BCUT2D eigenvalue weighted by atomic mass is 79.9. The van der Waals surface area contributed by atoms with Gasteiger partial charge in [-0.05, 0) is 34.1 Å². The smallest absolute Gasteiger partial charge is 0.335 e. The molecule has 0 atom stereocenters. The molecule has 1 rings (SSSR count). The van der Waals surface area contributed by atoms with Crippen molar-refractivity contribution in [1.29, 1.82) is 0 Å². The molecule has 0 heterocycles. The van der Waals surface area contributed by atoms with Crippen LogP contribution in [0.1, 0.15) is 10.4 Å². The van der Waals surface area contributed by atoms with Crippen LogP contribution >= 0.6 is 15.9 Å². The fraction of sp³-hybridized carbons (Fsp3) is 0.222. The lowest BCUT2D eigenvalue weighted by molar-refractivity contribution is 0.0696. The van der Waals surface area contributed by atoms with Gasteiger partial charge in [0, 0.05) is 0 Å². The van der Waals surface area contributed by atoms with Gasteiger partial charge in [-0.15, -0.1) is 0 Å². The van der Waals surface area contributed by atoms with Crippen molar-refractivity contribution in [3.05, 3.63) is 28.2 Å². The average Bonchev–Trinajstić information content (AvgIpc) is 2.16. The third kappa shape index (κ3) is 2.71. The van der Waals surface area contributed by atoms with Gasteiger partial charge in [0.2, 0.25) is 0 Å². The zero-order valence-corrected chi connectivity index (χ0v) is 8.82. The highest BCUT2D eigenvalue weighted by Gasteiger charge is 2.07. The van der Waals surface area contributed by atoms with E-state index in [4.69, 9.17) is 14.9 Å². The Kier molecular flexibility index (Phi) is 3.91. The summed E-state index contributed by atoms with van der Waals surface area (Å²) in [5.74, 6) is -0.592.